The predicted molar refractivity (Wildman–Crippen MR) is 57.9 cm³/mol. The smallest absolute Gasteiger partial charge is 0.383 e. The molecule has 1 saturated heterocycles. The number of hydrogen-bond donors (Lipinski definition) is 2. The van der Waals surface area contributed by atoms with E-state index in [-0.39, 0.29) is 38.0 Å². The molecule has 0 aromatic heterocycles. The molecular weight excluding hydrogens is 249 g/mol. The van der Waals surface area contributed by atoms with Gasteiger partial charge in [-0.25, -0.2) is 4.79 Å². The maximum Gasteiger partial charge on any atom is 0.414 e. The number of rotatable bonds is 2. The lowest BCUT2D eigenvalue weighted by Gasteiger charge is -2.34. The Balaban J connectivity index is 1.78. The molecule has 0 bridgehead atoms. The number of carbonyl (C=O) groups excluding carboxylic acids is 1. The Morgan fingerprint density at radius 2 is 1.78 bits per heavy atom. The summed E-state index contributed by atoms with van der Waals surface area (Å²) in [5.74, 6) is -0.796. The largest absolute Gasteiger partial charge is 0.414 e. The van der Waals surface area contributed by atoms with Crippen LogP contribution >= 0.6 is 0 Å². The van der Waals surface area contributed by atoms with Crippen molar-refractivity contribution in [1.29, 1.82) is 0 Å². The summed E-state index contributed by atoms with van der Waals surface area (Å²) in [6, 6.07) is 0.0495. The molecule has 2 amide bonds. The van der Waals surface area contributed by atoms with Gasteiger partial charge in [0, 0.05) is 19.1 Å². The van der Waals surface area contributed by atoms with Crippen molar-refractivity contribution in [2.75, 3.05) is 13.1 Å². The average Bonchev–Trinajstić information content (AvgIpc) is 3.11. The quantitative estimate of drug-likeness (QED) is 0.795. The molecule has 0 spiro atoms. The molecular formula is C11H17F3N2O2. The summed E-state index contributed by atoms with van der Waals surface area (Å²) in [4.78, 5) is 13.2. The molecule has 2 N–H and O–H groups in total. The van der Waals surface area contributed by atoms with Crippen molar-refractivity contribution in [3.63, 3.8) is 0 Å². The van der Waals surface area contributed by atoms with Crippen molar-refractivity contribution in [3.8, 4) is 0 Å². The van der Waals surface area contributed by atoms with Gasteiger partial charge in [-0.3, -0.25) is 0 Å². The fourth-order valence-electron chi connectivity index (χ4n) is 2.18. The molecule has 1 unspecified atom stereocenters. The molecule has 104 valence electrons. The molecule has 2 fully saturated rings. The SMILES string of the molecule is O=C(NC1CC1)N1CCC(C(O)C(F)(F)F)CC1. The van der Waals surface area contributed by atoms with Crippen LogP contribution in [0.3, 0.4) is 0 Å². The zero-order chi connectivity index (χ0) is 13.3. The molecule has 0 aromatic carbocycles. The van der Waals surface area contributed by atoms with Crippen LogP contribution in [0, 0.1) is 5.92 Å². The molecule has 0 aromatic rings. The first kappa shape index (κ1) is 13.5. The number of nitrogens with one attached hydrogen (secondary N) is 1. The molecule has 1 aliphatic heterocycles. The number of aliphatic hydroxyl groups excluding tert-OH is 1. The fourth-order valence-corrected chi connectivity index (χ4v) is 2.18. The van der Waals surface area contributed by atoms with Crippen LogP contribution in [0.5, 0.6) is 0 Å². The van der Waals surface area contributed by atoms with Gasteiger partial charge in [0.25, 0.3) is 0 Å². The van der Waals surface area contributed by atoms with Gasteiger partial charge >= 0.3 is 12.2 Å². The zero-order valence-corrected chi connectivity index (χ0v) is 9.91. The Labute approximate surface area is 103 Å². The van der Waals surface area contributed by atoms with E-state index in [0.717, 1.165) is 12.8 Å². The normalized spacial score (nSPS) is 23.9. The minimum absolute atomic E-state index is 0.193. The molecule has 1 atom stereocenters. The van der Waals surface area contributed by atoms with Gasteiger partial charge in [0.2, 0.25) is 0 Å². The monoisotopic (exact) mass is 266 g/mol. The van der Waals surface area contributed by atoms with Crippen LogP contribution in [0.15, 0.2) is 0 Å². The number of aliphatic hydroxyl groups is 1. The lowest BCUT2D eigenvalue weighted by molar-refractivity contribution is -0.222. The second-order valence-corrected chi connectivity index (χ2v) is 5.03. The maximum atomic E-state index is 12.3. The van der Waals surface area contributed by atoms with Gasteiger partial charge in [0.1, 0.15) is 0 Å². The van der Waals surface area contributed by atoms with Crippen LogP contribution in [0.2, 0.25) is 0 Å². The van der Waals surface area contributed by atoms with E-state index in [9.17, 15) is 18.0 Å². The highest BCUT2D eigenvalue weighted by Gasteiger charge is 2.44. The lowest BCUT2D eigenvalue weighted by Crippen LogP contribution is -2.48. The van der Waals surface area contributed by atoms with Gasteiger partial charge in [-0.1, -0.05) is 0 Å². The van der Waals surface area contributed by atoms with Gasteiger partial charge in [-0.15, -0.1) is 0 Å². The van der Waals surface area contributed by atoms with E-state index in [0.29, 0.717) is 0 Å². The van der Waals surface area contributed by atoms with E-state index < -0.39 is 18.2 Å². The predicted octanol–water partition coefficient (Wildman–Crippen LogP) is 1.49. The first-order valence-electron chi connectivity index (χ1n) is 6.18. The Morgan fingerprint density at radius 3 is 2.22 bits per heavy atom. The number of piperidine rings is 1. The van der Waals surface area contributed by atoms with E-state index in [4.69, 9.17) is 5.11 Å². The molecule has 2 aliphatic rings. The average molecular weight is 266 g/mol. The third kappa shape index (κ3) is 3.28. The van der Waals surface area contributed by atoms with Gasteiger partial charge in [0.05, 0.1) is 0 Å². The van der Waals surface area contributed by atoms with E-state index >= 15 is 0 Å². The first-order chi connectivity index (χ1) is 8.38. The summed E-state index contributed by atoms with van der Waals surface area (Å²) in [6.45, 7) is 0.548. The van der Waals surface area contributed by atoms with Crippen molar-refractivity contribution in [2.24, 2.45) is 5.92 Å². The summed E-state index contributed by atoms with van der Waals surface area (Å²) >= 11 is 0. The highest BCUT2D eigenvalue weighted by Crippen LogP contribution is 2.31. The third-order valence-corrected chi connectivity index (χ3v) is 3.51. The highest BCUT2D eigenvalue weighted by molar-refractivity contribution is 5.74. The second-order valence-electron chi connectivity index (χ2n) is 5.03. The van der Waals surface area contributed by atoms with Gasteiger partial charge in [-0.2, -0.15) is 13.2 Å². The zero-order valence-electron chi connectivity index (χ0n) is 9.91. The minimum Gasteiger partial charge on any atom is -0.383 e. The molecule has 18 heavy (non-hydrogen) atoms. The fraction of sp³-hybridized carbons (Fsp3) is 0.909. The van der Waals surface area contributed by atoms with Crippen molar-refractivity contribution >= 4 is 6.03 Å². The maximum absolute atomic E-state index is 12.3. The first-order valence-corrected chi connectivity index (χ1v) is 6.18. The second kappa shape index (κ2) is 4.95. The van der Waals surface area contributed by atoms with Crippen LogP contribution in [0.25, 0.3) is 0 Å². The van der Waals surface area contributed by atoms with Crippen LogP contribution in [-0.4, -0.2) is 47.4 Å². The number of amides is 2. The summed E-state index contributed by atoms with van der Waals surface area (Å²) in [7, 11) is 0. The Hall–Kier alpha value is -0.980. The van der Waals surface area contributed by atoms with E-state index in [1.807, 2.05) is 0 Å². The number of nitrogens with zero attached hydrogens (tertiary/aromatic N) is 1. The molecule has 1 saturated carbocycles. The molecule has 1 heterocycles. The molecule has 2 rings (SSSR count). The number of urea groups is 1. The number of halogens is 3. The lowest BCUT2D eigenvalue weighted by atomic mass is 9.91. The number of likely N-dealkylation sites (tertiary alicyclic amines) is 1. The number of hydrogen-bond acceptors (Lipinski definition) is 2. The van der Waals surface area contributed by atoms with Crippen LogP contribution in [0.4, 0.5) is 18.0 Å². The molecule has 1 aliphatic carbocycles. The molecule has 7 heteroatoms. The van der Waals surface area contributed by atoms with Crippen LogP contribution in [-0.2, 0) is 0 Å². The van der Waals surface area contributed by atoms with Gasteiger partial charge in [-0.05, 0) is 31.6 Å². The third-order valence-electron chi connectivity index (χ3n) is 3.51. The Morgan fingerprint density at radius 1 is 1.22 bits per heavy atom. The van der Waals surface area contributed by atoms with Crippen LogP contribution in [0.1, 0.15) is 25.7 Å². The van der Waals surface area contributed by atoms with Crippen molar-refractivity contribution in [2.45, 2.75) is 44.0 Å². The van der Waals surface area contributed by atoms with Crippen molar-refractivity contribution < 1.29 is 23.1 Å². The van der Waals surface area contributed by atoms with Crippen LogP contribution < -0.4 is 5.32 Å². The van der Waals surface area contributed by atoms with E-state index in [1.165, 1.54) is 4.90 Å². The molecule has 4 nitrogen and oxygen atoms in total. The summed E-state index contributed by atoms with van der Waals surface area (Å²) in [5.41, 5.74) is 0. The summed E-state index contributed by atoms with van der Waals surface area (Å²) in [6.07, 6.45) is -4.49. The van der Waals surface area contributed by atoms with E-state index in [2.05, 4.69) is 5.32 Å². The number of alkyl halides is 3. The molecule has 0 radical (unpaired) electrons. The van der Waals surface area contributed by atoms with Crippen molar-refractivity contribution in [1.82, 2.24) is 10.2 Å². The highest BCUT2D eigenvalue weighted by atomic mass is 19.4. The summed E-state index contributed by atoms with van der Waals surface area (Å²) in [5, 5.41) is 11.9. The Bertz CT molecular complexity index is 310. The number of carbonyl (C=O) groups is 1. The topological polar surface area (TPSA) is 52.6 Å². The minimum atomic E-state index is -4.57. The summed E-state index contributed by atoms with van der Waals surface area (Å²) < 4.78 is 37.0. The van der Waals surface area contributed by atoms with Gasteiger partial charge < -0.3 is 15.3 Å². The van der Waals surface area contributed by atoms with Crippen molar-refractivity contribution in [3.05, 3.63) is 0 Å². The van der Waals surface area contributed by atoms with E-state index in [1.54, 1.807) is 0 Å². The standard InChI is InChI=1S/C11H17F3N2O2/c12-11(13,14)9(17)7-3-5-16(6-4-7)10(18)15-8-1-2-8/h7-9,17H,1-6H2,(H,15,18). The Kier molecular flexibility index (Phi) is 3.70. The van der Waals surface area contributed by atoms with Gasteiger partial charge in [0.15, 0.2) is 6.10 Å².